The van der Waals surface area contributed by atoms with Gasteiger partial charge in [-0.1, -0.05) is 13.8 Å². The van der Waals surface area contributed by atoms with Gasteiger partial charge in [0.05, 0.1) is 5.69 Å². The fraction of sp³-hybridized carbons (Fsp3) is 0.562. The van der Waals surface area contributed by atoms with Crippen molar-refractivity contribution in [1.82, 2.24) is 15.2 Å². The van der Waals surface area contributed by atoms with Gasteiger partial charge in [-0.15, -0.1) is 22.7 Å². The van der Waals surface area contributed by atoms with Gasteiger partial charge in [-0.25, -0.2) is 4.98 Å². The fourth-order valence-electron chi connectivity index (χ4n) is 2.64. The molecule has 1 N–H and O–H groups in total. The molecule has 0 unspecified atom stereocenters. The fourth-order valence-corrected chi connectivity index (χ4v) is 4.29. The third-order valence-electron chi connectivity index (χ3n) is 3.70. The van der Waals surface area contributed by atoms with Gasteiger partial charge in [0.15, 0.2) is 0 Å². The molecule has 3 rings (SSSR count). The Kier molecular flexibility index (Phi) is 5.06. The van der Waals surface area contributed by atoms with E-state index < -0.39 is 0 Å². The van der Waals surface area contributed by atoms with Crippen molar-refractivity contribution in [2.24, 2.45) is 5.92 Å². The van der Waals surface area contributed by atoms with Crippen LogP contribution in [0.1, 0.15) is 35.0 Å². The van der Waals surface area contributed by atoms with Crippen LogP contribution < -0.4 is 5.32 Å². The summed E-state index contributed by atoms with van der Waals surface area (Å²) < 4.78 is 0. The zero-order valence-electron chi connectivity index (χ0n) is 12.8. The second-order valence-corrected chi connectivity index (χ2v) is 8.03. The van der Waals surface area contributed by atoms with E-state index >= 15 is 0 Å². The number of hydrogen-bond donors (Lipinski definition) is 1. The maximum atomic E-state index is 4.76. The Bertz CT molecular complexity index is 574. The van der Waals surface area contributed by atoms with Gasteiger partial charge < -0.3 is 5.32 Å². The third kappa shape index (κ3) is 4.13. The second-order valence-electron chi connectivity index (χ2n) is 6.09. The summed E-state index contributed by atoms with van der Waals surface area (Å²) >= 11 is 3.68. The van der Waals surface area contributed by atoms with E-state index in [4.69, 9.17) is 4.98 Å². The maximum absolute atomic E-state index is 4.76. The molecule has 0 atom stereocenters. The van der Waals surface area contributed by atoms with E-state index in [2.05, 4.69) is 40.9 Å². The number of nitrogens with zero attached hydrogens (tertiary/aromatic N) is 2. The van der Waals surface area contributed by atoms with E-state index in [0.29, 0.717) is 5.92 Å². The molecule has 0 saturated carbocycles. The van der Waals surface area contributed by atoms with Gasteiger partial charge in [0.25, 0.3) is 0 Å². The summed E-state index contributed by atoms with van der Waals surface area (Å²) in [4.78, 5) is 8.84. The first kappa shape index (κ1) is 15.2. The minimum atomic E-state index is 0.692. The van der Waals surface area contributed by atoms with Gasteiger partial charge in [-0.05, 0) is 35.9 Å². The van der Waals surface area contributed by atoms with E-state index in [1.54, 1.807) is 16.2 Å². The van der Waals surface area contributed by atoms with Crippen molar-refractivity contribution >= 4 is 22.7 Å². The minimum absolute atomic E-state index is 0.692. The van der Waals surface area contributed by atoms with Crippen molar-refractivity contribution in [1.29, 1.82) is 0 Å². The number of nitrogens with one attached hydrogen (secondary N) is 1. The average molecular weight is 322 g/mol. The Labute approximate surface area is 135 Å². The predicted molar refractivity (Wildman–Crippen MR) is 90.8 cm³/mol. The molecule has 0 radical (unpaired) electrons. The van der Waals surface area contributed by atoms with Gasteiger partial charge in [-0.2, -0.15) is 0 Å². The highest BCUT2D eigenvalue weighted by Crippen LogP contribution is 2.25. The lowest BCUT2D eigenvalue weighted by atomic mass is 10.1. The molecule has 114 valence electrons. The minimum Gasteiger partial charge on any atom is -0.310 e. The van der Waals surface area contributed by atoms with Crippen molar-refractivity contribution in [2.45, 2.75) is 39.9 Å². The first-order chi connectivity index (χ1) is 10.2. The van der Waals surface area contributed by atoms with Crippen LogP contribution in [0.5, 0.6) is 0 Å². The van der Waals surface area contributed by atoms with E-state index in [-0.39, 0.29) is 0 Å². The highest BCUT2D eigenvalue weighted by molar-refractivity contribution is 7.10. The van der Waals surface area contributed by atoms with Crippen LogP contribution in [0.2, 0.25) is 0 Å². The van der Waals surface area contributed by atoms with Crippen molar-refractivity contribution in [3.63, 3.8) is 0 Å². The van der Waals surface area contributed by atoms with E-state index in [0.717, 1.165) is 32.7 Å². The highest BCUT2D eigenvalue weighted by Gasteiger charge is 2.18. The molecule has 0 amide bonds. The third-order valence-corrected chi connectivity index (χ3v) is 5.62. The quantitative estimate of drug-likeness (QED) is 0.882. The van der Waals surface area contributed by atoms with E-state index in [1.807, 2.05) is 11.3 Å². The van der Waals surface area contributed by atoms with Crippen LogP contribution in [0.3, 0.4) is 0 Å². The molecule has 0 saturated heterocycles. The van der Waals surface area contributed by atoms with Crippen LogP contribution >= 0.6 is 22.7 Å². The molecular weight excluding hydrogens is 298 g/mol. The van der Waals surface area contributed by atoms with E-state index in [9.17, 15) is 0 Å². The Morgan fingerprint density at radius 3 is 3.14 bits per heavy atom. The van der Waals surface area contributed by atoms with Gasteiger partial charge in [-0.3, -0.25) is 4.90 Å². The number of thiophene rings is 1. The Morgan fingerprint density at radius 2 is 2.29 bits per heavy atom. The summed E-state index contributed by atoms with van der Waals surface area (Å²) in [6, 6.07) is 2.27. The first-order valence-electron chi connectivity index (χ1n) is 7.62. The summed E-state index contributed by atoms with van der Waals surface area (Å²) in [6.45, 7) is 9.64. The summed E-state index contributed by atoms with van der Waals surface area (Å²) in [5.41, 5.74) is 2.74. The lowest BCUT2D eigenvalue weighted by molar-refractivity contribution is 0.245. The van der Waals surface area contributed by atoms with Gasteiger partial charge in [0, 0.05) is 36.4 Å². The normalized spacial score (nSPS) is 15.6. The van der Waals surface area contributed by atoms with Gasteiger partial charge >= 0.3 is 0 Å². The zero-order valence-corrected chi connectivity index (χ0v) is 14.4. The maximum Gasteiger partial charge on any atom is 0.107 e. The van der Waals surface area contributed by atoms with Crippen molar-refractivity contribution in [3.8, 4) is 0 Å². The van der Waals surface area contributed by atoms with E-state index in [1.165, 1.54) is 22.7 Å². The monoisotopic (exact) mass is 321 g/mol. The van der Waals surface area contributed by atoms with Crippen LogP contribution in [-0.4, -0.2) is 23.0 Å². The summed E-state index contributed by atoms with van der Waals surface area (Å²) in [5.74, 6) is 0.692. The standard InChI is InChI=1S/C16H23N3S2/c1-12(2)7-17-8-16-18-14(11-21-16)10-19-5-3-15-13(9-19)4-6-20-15/h4,6,11-12,17H,3,5,7-10H2,1-2H3. The molecule has 0 aromatic carbocycles. The lowest BCUT2D eigenvalue weighted by Crippen LogP contribution is -2.29. The summed E-state index contributed by atoms with van der Waals surface area (Å²) in [7, 11) is 0. The molecule has 1 aliphatic rings. The molecule has 3 heterocycles. The number of hydrogen-bond acceptors (Lipinski definition) is 5. The Morgan fingerprint density at radius 1 is 1.38 bits per heavy atom. The van der Waals surface area contributed by atoms with Crippen LogP contribution in [0, 0.1) is 5.92 Å². The Balaban J connectivity index is 1.51. The summed E-state index contributed by atoms with van der Waals surface area (Å²) in [6.07, 6.45) is 1.19. The van der Waals surface area contributed by atoms with Crippen LogP contribution in [0.15, 0.2) is 16.8 Å². The lowest BCUT2D eigenvalue weighted by Gasteiger charge is -2.25. The number of rotatable bonds is 6. The van der Waals surface area contributed by atoms with Gasteiger partial charge in [0.1, 0.15) is 5.01 Å². The highest BCUT2D eigenvalue weighted by atomic mass is 32.1. The molecular formula is C16H23N3S2. The van der Waals surface area contributed by atoms with Crippen LogP contribution in [0.25, 0.3) is 0 Å². The SMILES string of the molecule is CC(C)CNCc1nc(CN2CCc3sccc3C2)cs1. The van der Waals surface area contributed by atoms with Crippen molar-refractivity contribution in [2.75, 3.05) is 13.1 Å². The average Bonchev–Trinajstić information content (AvgIpc) is 3.07. The number of thiazole rings is 1. The molecule has 1 aliphatic heterocycles. The van der Waals surface area contributed by atoms with Crippen molar-refractivity contribution < 1.29 is 0 Å². The van der Waals surface area contributed by atoms with Crippen molar-refractivity contribution in [3.05, 3.63) is 38.0 Å². The number of fused-ring (bicyclic) bond motifs is 1. The molecule has 0 fully saturated rings. The largest absolute Gasteiger partial charge is 0.310 e. The molecule has 2 aromatic rings. The molecule has 2 aromatic heterocycles. The molecule has 5 heteroatoms. The van der Waals surface area contributed by atoms with Gasteiger partial charge in [0.2, 0.25) is 0 Å². The topological polar surface area (TPSA) is 28.2 Å². The molecule has 3 nitrogen and oxygen atoms in total. The molecule has 21 heavy (non-hydrogen) atoms. The first-order valence-corrected chi connectivity index (χ1v) is 9.38. The second kappa shape index (κ2) is 7.01. The van der Waals surface area contributed by atoms with Crippen LogP contribution in [-0.2, 0) is 26.1 Å². The molecule has 0 spiro atoms. The molecule has 0 aliphatic carbocycles. The Hall–Kier alpha value is -0.750. The molecule has 0 bridgehead atoms. The number of aromatic nitrogens is 1. The summed E-state index contributed by atoms with van der Waals surface area (Å²) in [5, 5.41) is 9.11. The smallest absolute Gasteiger partial charge is 0.107 e. The zero-order chi connectivity index (χ0) is 14.7. The predicted octanol–water partition coefficient (Wildman–Crippen LogP) is 3.51. The van der Waals surface area contributed by atoms with Crippen LogP contribution in [0.4, 0.5) is 0 Å².